The first-order chi connectivity index (χ1) is 24.7. The van der Waals surface area contributed by atoms with E-state index >= 15 is 0 Å². The summed E-state index contributed by atoms with van der Waals surface area (Å²) in [6.07, 6.45) is 7.58. The smallest absolute Gasteiger partial charge is 0.408 e. The van der Waals surface area contributed by atoms with Gasteiger partial charge in [0.05, 0.1) is 11.8 Å². The Morgan fingerprint density at radius 1 is 0.923 bits per heavy atom. The van der Waals surface area contributed by atoms with E-state index in [2.05, 4.69) is 15.4 Å². The van der Waals surface area contributed by atoms with E-state index in [0.29, 0.717) is 32.1 Å². The van der Waals surface area contributed by atoms with Crippen molar-refractivity contribution in [1.82, 2.24) is 20.3 Å². The summed E-state index contributed by atoms with van der Waals surface area (Å²) in [5.41, 5.74) is -0.624. The Kier molecular flexibility index (Phi) is 10.6. The molecule has 2 aliphatic heterocycles. The minimum Gasteiger partial charge on any atom is -0.444 e. The highest BCUT2D eigenvalue weighted by atomic mass is 32.2. The standard InChI is InChI=1S/C39H50N4O8S/c1-37(2,3)51-36(47)40-31-16-12-7-5-6-11-15-29-23-39(29,35(46)42-52(48,49)30-21-22-30)41-33(44)32-24-38(50-4,25-43(32)34(31)45)28-19-17-27(18-20-28)26-13-9-8-10-14-26/h8-11,13-15,17-20,29-32H,5-7,12,16,21-25H2,1-4H3,(H,40,47)(H,41,44)(H,42,46)/b15-11-/t29-,31+,32+,38+,39-/m1/s1. The van der Waals surface area contributed by atoms with Crippen LogP contribution in [0.15, 0.2) is 66.7 Å². The maximum Gasteiger partial charge on any atom is 0.408 e. The fourth-order valence-electron chi connectivity index (χ4n) is 7.33. The van der Waals surface area contributed by atoms with Crippen LogP contribution in [0.3, 0.4) is 0 Å². The summed E-state index contributed by atoms with van der Waals surface area (Å²) < 4.78 is 39.6. The zero-order valence-corrected chi connectivity index (χ0v) is 31.2. The van der Waals surface area contributed by atoms with Crippen LogP contribution < -0.4 is 15.4 Å². The molecule has 52 heavy (non-hydrogen) atoms. The Hall–Kier alpha value is -4.23. The van der Waals surface area contributed by atoms with Crippen LogP contribution in [0.4, 0.5) is 4.79 Å². The van der Waals surface area contributed by atoms with Gasteiger partial charge in [0.15, 0.2) is 0 Å². The Bertz CT molecular complexity index is 1810. The molecule has 280 valence electrons. The van der Waals surface area contributed by atoms with Crippen LogP contribution in [-0.4, -0.2) is 79.3 Å². The van der Waals surface area contributed by atoms with Crippen LogP contribution in [0.25, 0.3) is 11.1 Å². The van der Waals surface area contributed by atoms with Crippen molar-refractivity contribution in [2.24, 2.45) is 5.92 Å². The maximum absolute atomic E-state index is 14.6. The van der Waals surface area contributed by atoms with Crippen LogP contribution in [0.5, 0.6) is 0 Å². The lowest BCUT2D eigenvalue weighted by molar-refractivity contribution is -0.141. The van der Waals surface area contributed by atoms with Crippen LogP contribution in [0.1, 0.15) is 84.1 Å². The number of hydrogen-bond donors (Lipinski definition) is 3. The quantitative estimate of drug-likeness (QED) is 0.346. The van der Waals surface area contributed by atoms with Crippen LogP contribution >= 0.6 is 0 Å². The van der Waals surface area contributed by atoms with E-state index in [-0.39, 0.29) is 19.4 Å². The van der Waals surface area contributed by atoms with Gasteiger partial charge in [0, 0.05) is 19.4 Å². The second-order valence-corrected chi connectivity index (χ2v) is 17.5. The topological polar surface area (TPSA) is 160 Å². The van der Waals surface area contributed by atoms with Crippen LogP contribution in [0, 0.1) is 5.92 Å². The Balaban J connectivity index is 1.35. The summed E-state index contributed by atoms with van der Waals surface area (Å²) >= 11 is 0. The molecule has 5 atom stereocenters. The largest absolute Gasteiger partial charge is 0.444 e. The van der Waals surface area contributed by atoms with Gasteiger partial charge in [-0.15, -0.1) is 0 Å². The van der Waals surface area contributed by atoms with Crippen molar-refractivity contribution in [3.05, 3.63) is 72.3 Å². The summed E-state index contributed by atoms with van der Waals surface area (Å²) in [7, 11) is -2.34. The number of hydrogen-bond acceptors (Lipinski definition) is 8. The monoisotopic (exact) mass is 734 g/mol. The molecular formula is C39H50N4O8S. The molecule has 3 N–H and O–H groups in total. The number of allylic oxidation sites excluding steroid dienone is 1. The van der Waals surface area contributed by atoms with E-state index in [0.717, 1.165) is 29.5 Å². The lowest BCUT2D eigenvalue weighted by Gasteiger charge is -2.31. The van der Waals surface area contributed by atoms with Gasteiger partial charge in [0.25, 0.3) is 5.91 Å². The molecule has 13 heteroatoms. The number of carbonyl (C=O) groups excluding carboxylic acids is 4. The summed E-state index contributed by atoms with van der Waals surface area (Å²) in [5.74, 6) is -2.27. The molecule has 0 spiro atoms. The van der Waals surface area contributed by atoms with Crippen LogP contribution in [0.2, 0.25) is 0 Å². The lowest BCUT2D eigenvalue weighted by Crippen LogP contribution is -2.58. The summed E-state index contributed by atoms with van der Waals surface area (Å²) in [6, 6.07) is 15.6. The Labute approximate surface area is 306 Å². The molecule has 4 amide bonds. The predicted octanol–water partition coefficient (Wildman–Crippen LogP) is 4.69. The van der Waals surface area contributed by atoms with Crippen molar-refractivity contribution in [2.75, 3.05) is 13.7 Å². The Morgan fingerprint density at radius 2 is 1.62 bits per heavy atom. The van der Waals surface area contributed by atoms with Gasteiger partial charge in [-0.2, -0.15) is 0 Å². The molecule has 12 nitrogen and oxygen atoms in total. The Morgan fingerprint density at radius 3 is 2.27 bits per heavy atom. The molecule has 3 fully saturated rings. The lowest BCUT2D eigenvalue weighted by atomic mass is 9.89. The first-order valence-corrected chi connectivity index (χ1v) is 19.8. The number of sulfonamides is 1. The molecule has 2 saturated carbocycles. The van der Waals surface area contributed by atoms with Crippen molar-refractivity contribution < 1.29 is 37.1 Å². The third-order valence-corrected chi connectivity index (χ3v) is 12.3. The third kappa shape index (κ3) is 8.20. The number of fused-ring (bicyclic) bond motifs is 2. The number of nitrogens with one attached hydrogen (secondary N) is 3. The summed E-state index contributed by atoms with van der Waals surface area (Å²) in [5, 5.41) is 5.07. The number of rotatable bonds is 7. The normalized spacial score (nSPS) is 29.0. The molecule has 1 saturated heterocycles. The van der Waals surface area contributed by atoms with Crippen molar-refractivity contribution in [3.63, 3.8) is 0 Å². The van der Waals surface area contributed by atoms with E-state index in [1.165, 1.54) is 12.0 Å². The zero-order valence-electron chi connectivity index (χ0n) is 30.4. The average Bonchev–Trinajstić information content (AvgIpc) is 4.03. The van der Waals surface area contributed by atoms with Gasteiger partial charge in [-0.25, -0.2) is 13.2 Å². The van der Waals surface area contributed by atoms with Gasteiger partial charge in [0.2, 0.25) is 21.8 Å². The molecule has 0 unspecified atom stereocenters. The van der Waals surface area contributed by atoms with Crippen molar-refractivity contribution in [2.45, 2.75) is 113 Å². The summed E-state index contributed by atoms with van der Waals surface area (Å²) in [6.45, 7) is 5.21. The molecule has 2 heterocycles. The number of methoxy groups -OCH3 is 1. The number of carbonyl (C=O) groups is 4. The molecule has 0 radical (unpaired) electrons. The van der Waals surface area contributed by atoms with Gasteiger partial charge in [0.1, 0.15) is 28.8 Å². The highest BCUT2D eigenvalue weighted by molar-refractivity contribution is 7.91. The van der Waals surface area contributed by atoms with E-state index in [1.54, 1.807) is 20.8 Å². The van der Waals surface area contributed by atoms with Crippen molar-refractivity contribution in [3.8, 4) is 11.1 Å². The minimum atomic E-state index is -3.88. The minimum absolute atomic E-state index is 0.00378. The van der Waals surface area contributed by atoms with Crippen molar-refractivity contribution >= 4 is 33.8 Å². The molecule has 2 aliphatic carbocycles. The summed E-state index contributed by atoms with van der Waals surface area (Å²) in [4.78, 5) is 57.3. The van der Waals surface area contributed by atoms with Gasteiger partial charge >= 0.3 is 6.09 Å². The fourth-order valence-corrected chi connectivity index (χ4v) is 8.70. The molecule has 2 aromatic carbocycles. The van der Waals surface area contributed by atoms with Gasteiger partial charge in [-0.05, 0) is 76.0 Å². The predicted molar refractivity (Wildman–Crippen MR) is 195 cm³/mol. The van der Waals surface area contributed by atoms with Gasteiger partial charge in [-0.1, -0.05) is 79.6 Å². The molecule has 6 rings (SSSR count). The molecular weight excluding hydrogens is 685 g/mol. The number of ether oxygens (including phenoxy) is 2. The number of amides is 4. The maximum atomic E-state index is 14.6. The number of nitrogens with zero attached hydrogens (tertiary/aromatic N) is 1. The average molecular weight is 735 g/mol. The first-order valence-electron chi connectivity index (χ1n) is 18.2. The van der Waals surface area contributed by atoms with Crippen LogP contribution in [-0.2, 0) is 39.5 Å². The van der Waals surface area contributed by atoms with Gasteiger partial charge < -0.3 is 25.0 Å². The van der Waals surface area contributed by atoms with E-state index in [4.69, 9.17) is 9.47 Å². The van der Waals surface area contributed by atoms with Gasteiger partial charge in [-0.3, -0.25) is 19.1 Å². The molecule has 0 bridgehead atoms. The number of alkyl carbamates (subject to hydrolysis) is 1. The van der Waals surface area contributed by atoms with E-state index < -0.39 is 73.8 Å². The van der Waals surface area contributed by atoms with Crippen molar-refractivity contribution in [1.29, 1.82) is 0 Å². The fraction of sp³-hybridized carbons (Fsp3) is 0.538. The first kappa shape index (κ1) is 37.5. The van der Waals surface area contributed by atoms with E-state index in [1.807, 2.05) is 66.7 Å². The SMILES string of the molecule is CO[C@@]1(c2ccc(-c3ccccc3)cc2)C[C@H]2C(=O)N[C@]3(C(=O)NS(=O)(=O)C4CC4)C[C@H]3/C=C\CCCCC[C@H](NC(=O)OC(C)(C)C)C(=O)N2C1. The molecule has 4 aliphatic rings. The highest BCUT2D eigenvalue weighted by Crippen LogP contribution is 2.47. The second-order valence-electron chi connectivity index (χ2n) is 15.5. The van der Waals surface area contributed by atoms with E-state index in [9.17, 15) is 27.6 Å². The molecule has 0 aromatic heterocycles. The second kappa shape index (κ2) is 14.7. The molecule has 2 aromatic rings. The third-order valence-electron chi connectivity index (χ3n) is 10.5. The highest BCUT2D eigenvalue weighted by Gasteiger charge is 2.62. The number of benzene rings is 2. The zero-order chi connectivity index (χ0) is 37.3.